The molecule has 2 aliphatic rings. The van der Waals surface area contributed by atoms with E-state index in [9.17, 15) is 14.4 Å². The third kappa shape index (κ3) is 2.35. The zero-order valence-electron chi connectivity index (χ0n) is 10.5. The number of hydrogen-bond acceptors (Lipinski definition) is 7. The first kappa shape index (κ1) is 13.5. The topological polar surface area (TPSA) is 141 Å². The fourth-order valence-electron chi connectivity index (χ4n) is 2.16. The van der Waals surface area contributed by atoms with E-state index < -0.39 is 23.8 Å². The lowest BCUT2D eigenvalue weighted by molar-refractivity contribution is -0.150. The van der Waals surface area contributed by atoms with Crippen LogP contribution < -0.4 is 5.32 Å². The van der Waals surface area contributed by atoms with E-state index in [0.29, 0.717) is 5.75 Å². The van der Waals surface area contributed by atoms with E-state index in [4.69, 9.17) is 5.11 Å². The summed E-state index contributed by atoms with van der Waals surface area (Å²) < 4.78 is 0. The van der Waals surface area contributed by atoms with Gasteiger partial charge in [0.2, 0.25) is 5.91 Å². The number of aromatic amines is 1. The molecule has 1 aromatic rings. The van der Waals surface area contributed by atoms with Crippen LogP contribution in [0.3, 0.4) is 0 Å². The molecular formula is C10H10N6O4S. The van der Waals surface area contributed by atoms with E-state index in [0.717, 1.165) is 0 Å². The van der Waals surface area contributed by atoms with Gasteiger partial charge in [-0.15, -0.1) is 22.0 Å². The molecule has 2 amide bonds. The summed E-state index contributed by atoms with van der Waals surface area (Å²) in [6.07, 6.45) is 1.39. The molecule has 1 fully saturated rings. The molecule has 21 heavy (non-hydrogen) atoms. The van der Waals surface area contributed by atoms with Gasteiger partial charge in [0.1, 0.15) is 17.1 Å². The van der Waals surface area contributed by atoms with Crippen LogP contribution in [0, 0.1) is 0 Å². The average Bonchev–Trinajstić information content (AvgIpc) is 2.96. The predicted octanol–water partition coefficient (Wildman–Crippen LogP) is -1.89. The molecule has 0 saturated carbocycles. The van der Waals surface area contributed by atoms with Crippen molar-refractivity contribution in [3.63, 3.8) is 0 Å². The summed E-state index contributed by atoms with van der Waals surface area (Å²) in [6, 6.07) is -0.725. The fourth-order valence-corrected chi connectivity index (χ4v) is 3.36. The van der Waals surface area contributed by atoms with Gasteiger partial charge in [0.25, 0.3) is 5.91 Å². The van der Waals surface area contributed by atoms with E-state index in [1.54, 1.807) is 0 Å². The number of amides is 2. The molecule has 1 saturated heterocycles. The minimum atomic E-state index is -1.15. The summed E-state index contributed by atoms with van der Waals surface area (Å²) in [5.41, 5.74) is -0.0348. The summed E-state index contributed by atoms with van der Waals surface area (Å²) in [6.45, 7) is 0. The Hall–Kier alpha value is -2.43. The van der Waals surface area contributed by atoms with Gasteiger partial charge in [-0.1, -0.05) is 5.21 Å². The molecule has 110 valence electrons. The normalized spacial score (nSPS) is 23.9. The predicted molar refractivity (Wildman–Crippen MR) is 68.6 cm³/mol. The van der Waals surface area contributed by atoms with Gasteiger partial charge in [0, 0.05) is 5.75 Å². The molecule has 1 aromatic heterocycles. The zero-order valence-corrected chi connectivity index (χ0v) is 11.3. The number of carbonyl (C=O) groups excluding carboxylic acids is 2. The van der Waals surface area contributed by atoms with Gasteiger partial charge in [-0.2, -0.15) is 5.21 Å². The van der Waals surface area contributed by atoms with Crippen LogP contribution in [0.1, 0.15) is 5.82 Å². The number of aromatic nitrogens is 4. The number of fused-ring (bicyclic) bond motifs is 1. The Morgan fingerprint density at radius 2 is 2.38 bits per heavy atom. The third-order valence-electron chi connectivity index (χ3n) is 3.09. The maximum Gasteiger partial charge on any atom is 0.352 e. The number of aliphatic carboxylic acids is 1. The molecular weight excluding hydrogens is 300 g/mol. The number of thioether (sulfide) groups is 1. The summed E-state index contributed by atoms with van der Waals surface area (Å²) in [4.78, 5) is 36.0. The van der Waals surface area contributed by atoms with E-state index in [1.807, 2.05) is 0 Å². The number of carboxylic acid groups (broad SMARTS) is 1. The van der Waals surface area contributed by atoms with Crippen molar-refractivity contribution in [2.75, 3.05) is 5.75 Å². The zero-order chi connectivity index (χ0) is 15.0. The Balaban J connectivity index is 1.64. The smallest absolute Gasteiger partial charge is 0.352 e. The third-order valence-corrected chi connectivity index (χ3v) is 4.27. The molecule has 0 radical (unpaired) electrons. The molecule has 0 spiro atoms. The van der Waals surface area contributed by atoms with Crippen LogP contribution in [0.2, 0.25) is 0 Å². The van der Waals surface area contributed by atoms with Crippen molar-refractivity contribution in [1.82, 2.24) is 30.8 Å². The molecule has 3 rings (SSSR count). The van der Waals surface area contributed by atoms with Crippen LogP contribution >= 0.6 is 11.8 Å². The maximum absolute atomic E-state index is 12.0. The second-order valence-corrected chi connectivity index (χ2v) is 5.53. The van der Waals surface area contributed by atoms with Crippen molar-refractivity contribution < 1.29 is 19.5 Å². The number of carbonyl (C=O) groups is 3. The van der Waals surface area contributed by atoms with Crippen LogP contribution in [-0.4, -0.2) is 65.6 Å². The Morgan fingerprint density at radius 3 is 3.05 bits per heavy atom. The van der Waals surface area contributed by atoms with Crippen LogP contribution in [0.4, 0.5) is 0 Å². The summed E-state index contributed by atoms with van der Waals surface area (Å²) in [7, 11) is 0. The minimum Gasteiger partial charge on any atom is -0.477 e. The lowest BCUT2D eigenvalue weighted by Crippen LogP contribution is -2.70. The van der Waals surface area contributed by atoms with Crippen LogP contribution in [-0.2, 0) is 20.8 Å². The number of tetrazole rings is 1. The van der Waals surface area contributed by atoms with E-state index >= 15 is 0 Å². The Labute approximate surface area is 121 Å². The largest absolute Gasteiger partial charge is 0.477 e. The highest BCUT2D eigenvalue weighted by Gasteiger charge is 2.52. The highest BCUT2D eigenvalue weighted by Crippen LogP contribution is 2.37. The van der Waals surface area contributed by atoms with Gasteiger partial charge < -0.3 is 10.4 Å². The molecule has 0 aliphatic carbocycles. The van der Waals surface area contributed by atoms with Crippen molar-refractivity contribution in [2.24, 2.45) is 0 Å². The number of rotatable bonds is 4. The second-order valence-electron chi connectivity index (χ2n) is 4.38. The molecule has 2 atom stereocenters. The molecule has 10 nitrogen and oxygen atoms in total. The lowest BCUT2D eigenvalue weighted by Gasteiger charge is -2.48. The van der Waals surface area contributed by atoms with E-state index in [-0.39, 0.29) is 23.3 Å². The van der Waals surface area contributed by atoms with Crippen molar-refractivity contribution in [1.29, 1.82) is 0 Å². The Bertz CT molecular complexity index is 630. The fraction of sp³-hybridized carbons (Fsp3) is 0.400. The Morgan fingerprint density at radius 1 is 1.57 bits per heavy atom. The van der Waals surface area contributed by atoms with Gasteiger partial charge >= 0.3 is 5.97 Å². The molecule has 11 heteroatoms. The number of carboxylic acids is 1. The van der Waals surface area contributed by atoms with Gasteiger partial charge in [-0.05, 0) is 6.08 Å². The van der Waals surface area contributed by atoms with Crippen molar-refractivity contribution in [2.45, 2.75) is 17.8 Å². The molecule has 3 N–H and O–H groups in total. The standard InChI is InChI=1S/C10H10N6O4S/c17-6(3-5-12-14-15-13-5)11-7-8(18)16-4(10(19)20)1-2-21-9(7)16/h1,7,9H,2-3H2,(H,11,17)(H,19,20)(H,12,13,14,15)/t7?,9-/m0/s1. The Kier molecular flexibility index (Phi) is 3.33. The van der Waals surface area contributed by atoms with Gasteiger partial charge in [-0.3, -0.25) is 14.5 Å². The number of nitrogens with one attached hydrogen (secondary N) is 2. The SMILES string of the molecule is O=C(Cc1nn[nH]n1)NC1C(=O)N2C(C(=O)O)=CCS[C@@H]12. The molecule has 0 aromatic carbocycles. The highest BCUT2D eigenvalue weighted by molar-refractivity contribution is 8.00. The van der Waals surface area contributed by atoms with Gasteiger partial charge in [0.15, 0.2) is 5.82 Å². The first-order valence-electron chi connectivity index (χ1n) is 5.97. The number of nitrogens with zero attached hydrogens (tertiary/aromatic N) is 4. The number of β-lactam (4-membered cyclic amide) rings is 1. The maximum atomic E-state index is 12.0. The van der Waals surface area contributed by atoms with Crippen molar-refractivity contribution in [3.05, 3.63) is 17.6 Å². The summed E-state index contributed by atoms with van der Waals surface area (Å²) >= 11 is 1.40. The summed E-state index contributed by atoms with van der Waals surface area (Å²) in [5.74, 6) is -1.29. The number of hydrogen-bond donors (Lipinski definition) is 3. The monoisotopic (exact) mass is 310 g/mol. The van der Waals surface area contributed by atoms with Crippen LogP contribution in [0.15, 0.2) is 11.8 Å². The first-order chi connectivity index (χ1) is 10.1. The van der Waals surface area contributed by atoms with Gasteiger partial charge in [0.05, 0.1) is 6.42 Å². The molecule has 3 heterocycles. The highest BCUT2D eigenvalue weighted by atomic mass is 32.2. The minimum absolute atomic E-state index is 0.0348. The summed E-state index contributed by atoms with van der Waals surface area (Å²) in [5, 5.41) is 24.1. The number of H-pyrrole nitrogens is 1. The van der Waals surface area contributed by atoms with Crippen molar-refractivity contribution >= 4 is 29.5 Å². The van der Waals surface area contributed by atoms with Crippen LogP contribution in [0.5, 0.6) is 0 Å². The first-order valence-corrected chi connectivity index (χ1v) is 7.02. The molecule has 0 bridgehead atoms. The van der Waals surface area contributed by atoms with E-state index in [1.165, 1.54) is 22.7 Å². The second kappa shape index (κ2) is 5.16. The van der Waals surface area contributed by atoms with Gasteiger partial charge in [-0.25, -0.2) is 4.79 Å². The van der Waals surface area contributed by atoms with Crippen molar-refractivity contribution in [3.8, 4) is 0 Å². The molecule has 1 unspecified atom stereocenters. The molecule has 2 aliphatic heterocycles. The van der Waals surface area contributed by atoms with Crippen LogP contribution in [0.25, 0.3) is 0 Å². The van der Waals surface area contributed by atoms with E-state index in [2.05, 4.69) is 25.9 Å². The average molecular weight is 310 g/mol. The lowest BCUT2D eigenvalue weighted by atomic mass is 10.0. The quantitative estimate of drug-likeness (QED) is 0.548.